The summed E-state index contributed by atoms with van der Waals surface area (Å²) in [7, 11) is 0. The smallest absolute Gasteiger partial charge is 0.238 e. The Hall–Kier alpha value is -2.66. The monoisotopic (exact) mass is 525 g/mol. The predicted molar refractivity (Wildman–Crippen MR) is 134 cm³/mol. The molecule has 4 rings (SSSR count). The van der Waals surface area contributed by atoms with Crippen molar-refractivity contribution >= 4 is 33.5 Å². The molecule has 0 spiro atoms. The summed E-state index contributed by atoms with van der Waals surface area (Å²) in [5, 5.41) is 13.4. The Bertz CT molecular complexity index is 1170. The highest BCUT2D eigenvalue weighted by molar-refractivity contribution is 9.10. The molecule has 1 saturated heterocycles. The van der Waals surface area contributed by atoms with Gasteiger partial charge in [-0.05, 0) is 96.7 Å². The van der Waals surface area contributed by atoms with Gasteiger partial charge < -0.3 is 15.0 Å². The molecule has 3 aromatic rings. The Balaban J connectivity index is 1.68. The SMILES string of the molecule is Cc1cc(C#N)cc(C)c1Oc1nc(N(Cc2cccc(Cl)c2)C2CCNCC2)ncc1Br. The molecule has 0 radical (unpaired) electrons. The Kier molecular flexibility index (Phi) is 7.49. The molecule has 1 aromatic heterocycles. The van der Waals surface area contributed by atoms with Crippen molar-refractivity contribution < 1.29 is 4.74 Å². The first kappa shape index (κ1) is 23.5. The molecule has 1 aliphatic rings. The highest BCUT2D eigenvalue weighted by Crippen LogP contribution is 2.34. The van der Waals surface area contributed by atoms with Crippen molar-refractivity contribution in [2.24, 2.45) is 0 Å². The zero-order chi connectivity index (χ0) is 23.4. The van der Waals surface area contributed by atoms with E-state index in [0.29, 0.717) is 45.2 Å². The van der Waals surface area contributed by atoms with E-state index in [1.807, 2.05) is 44.2 Å². The number of nitriles is 1. The highest BCUT2D eigenvalue weighted by Gasteiger charge is 2.25. The van der Waals surface area contributed by atoms with E-state index in [1.54, 1.807) is 6.20 Å². The molecule has 0 amide bonds. The molecule has 1 aliphatic heterocycles. The van der Waals surface area contributed by atoms with Crippen LogP contribution in [0.3, 0.4) is 0 Å². The fraction of sp³-hybridized carbons (Fsp3) is 0.320. The third-order valence-electron chi connectivity index (χ3n) is 5.74. The van der Waals surface area contributed by atoms with E-state index in [4.69, 9.17) is 21.3 Å². The Labute approximate surface area is 207 Å². The van der Waals surface area contributed by atoms with Crippen LogP contribution in [0.4, 0.5) is 5.95 Å². The number of rotatable bonds is 6. The van der Waals surface area contributed by atoms with Crippen LogP contribution < -0.4 is 15.0 Å². The normalized spacial score (nSPS) is 14.0. The summed E-state index contributed by atoms with van der Waals surface area (Å²) >= 11 is 9.78. The summed E-state index contributed by atoms with van der Waals surface area (Å²) < 4.78 is 6.92. The van der Waals surface area contributed by atoms with Crippen molar-refractivity contribution in [1.29, 1.82) is 5.26 Å². The minimum absolute atomic E-state index is 0.303. The molecular formula is C25H25BrClN5O. The minimum atomic E-state index is 0.303. The number of anilines is 1. The molecule has 33 heavy (non-hydrogen) atoms. The first-order chi connectivity index (χ1) is 15.9. The number of nitrogens with zero attached hydrogens (tertiary/aromatic N) is 4. The minimum Gasteiger partial charge on any atom is -0.437 e. The summed E-state index contributed by atoms with van der Waals surface area (Å²) in [6.07, 6.45) is 3.74. The molecule has 2 heterocycles. The van der Waals surface area contributed by atoms with Crippen LogP contribution >= 0.6 is 27.5 Å². The molecule has 8 heteroatoms. The zero-order valence-electron chi connectivity index (χ0n) is 18.6. The maximum Gasteiger partial charge on any atom is 0.238 e. The third-order valence-corrected chi connectivity index (χ3v) is 6.51. The summed E-state index contributed by atoms with van der Waals surface area (Å²) in [4.78, 5) is 11.7. The summed E-state index contributed by atoms with van der Waals surface area (Å²) in [6, 6.07) is 14.0. The number of aromatic nitrogens is 2. The number of hydrogen-bond acceptors (Lipinski definition) is 6. The molecule has 1 fully saturated rings. The van der Waals surface area contributed by atoms with Gasteiger partial charge in [-0.15, -0.1) is 0 Å². The lowest BCUT2D eigenvalue weighted by atomic mass is 10.0. The average Bonchev–Trinajstić information content (AvgIpc) is 2.81. The second kappa shape index (κ2) is 10.5. The molecule has 0 saturated carbocycles. The maximum absolute atomic E-state index is 9.23. The first-order valence-corrected chi connectivity index (χ1v) is 12.0. The third kappa shape index (κ3) is 5.64. The van der Waals surface area contributed by atoms with Crippen LogP contribution in [0.1, 0.15) is 35.1 Å². The van der Waals surface area contributed by atoms with Crippen LogP contribution in [0.15, 0.2) is 47.1 Å². The van der Waals surface area contributed by atoms with Crippen LogP contribution in [0.5, 0.6) is 11.6 Å². The molecule has 0 unspecified atom stereocenters. The van der Waals surface area contributed by atoms with Crippen LogP contribution in [0.25, 0.3) is 0 Å². The number of ether oxygens (including phenoxy) is 1. The van der Waals surface area contributed by atoms with Crippen molar-refractivity contribution in [1.82, 2.24) is 15.3 Å². The van der Waals surface area contributed by atoms with E-state index in [1.165, 1.54) is 0 Å². The predicted octanol–water partition coefficient (Wildman–Crippen LogP) is 5.93. The van der Waals surface area contributed by atoms with Crippen LogP contribution in [0.2, 0.25) is 5.02 Å². The fourth-order valence-electron chi connectivity index (χ4n) is 4.14. The van der Waals surface area contributed by atoms with Crippen LogP contribution in [-0.2, 0) is 6.54 Å². The number of aryl methyl sites for hydroxylation is 2. The highest BCUT2D eigenvalue weighted by atomic mass is 79.9. The molecular weight excluding hydrogens is 502 g/mol. The van der Waals surface area contributed by atoms with E-state index >= 15 is 0 Å². The summed E-state index contributed by atoms with van der Waals surface area (Å²) in [6.45, 7) is 6.43. The van der Waals surface area contributed by atoms with Gasteiger partial charge in [-0.25, -0.2) is 4.98 Å². The largest absolute Gasteiger partial charge is 0.437 e. The second-order valence-corrected chi connectivity index (χ2v) is 9.51. The molecule has 170 valence electrons. The lowest BCUT2D eigenvalue weighted by molar-refractivity contribution is 0.417. The molecule has 0 aliphatic carbocycles. The van der Waals surface area contributed by atoms with Gasteiger partial charge >= 0.3 is 0 Å². The summed E-state index contributed by atoms with van der Waals surface area (Å²) in [5.41, 5.74) is 3.48. The molecule has 2 aromatic carbocycles. The standard InChI is InChI=1S/C25H25BrClN5O/c1-16-10-19(13-28)11-17(2)23(16)33-24-22(26)14-30-25(31-24)32(21-6-8-29-9-7-21)15-18-4-3-5-20(27)12-18/h3-5,10-12,14,21,29H,6-9,15H2,1-2H3. The van der Waals surface area contributed by atoms with E-state index in [0.717, 1.165) is 42.6 Å². The van der Waals surface area contributed by atoms with Gasteiger partial charge in [-0.1, -0.05) is 23.7 Å². The van der Waals surface area contributed by atoms with Gasteiger partial charge in [-0.2, -0.15) is 10.2 Å². The Morgan fingerprint density at radius 1 is 1.21 bits per heavy atom. The van der Waals surface area contributed by atoms with Gasteiger partial charge in [0.05, 0.1) is 22.3 Å². The maximum atomic E-state index is 9.23. The van der Waals surface area contributed by atoms with Crippen LogP contribution in [0, 0.1) is 25.2 Å². The van der Waals surface area contributed by atoms with E-state index in [-0.39, 0.29) is 0 Å². The molecule has 0 bridgehead atoms. The fourth-order valence-corrected chi connectivity index (χ4v) is 4.62. The van der Waals surface area contributed by atoms with Gasteiger partial charge in [0.2, 0.25) is 11.8 Å². The second-order valence-electron chi connectivity index (χ2n) is 8.22. The Morgan fingerprint density at radius 3 is 2.61 bits per heavy atom. The van der Waals surface area contributed by atoms with Crippen molar-refractivity contribution in [3.05, 3.63) is 74.3 Å². The van der Waals surface area contributed by atoms with Gasteiger partial charge in [0.15, 0.2) is 0 Å². The average molecular weight is 527 g/mol. The van der Waals surface area contributed by atoms with Gasteiger partial charge in [0.25, 0.3) is 0 Å². The van der Waals surface area contributed by atoms with Crippen molar-refractivity contribution in [3.63, 3.8) is 0 Å². The number of hydrogen-bond donors (Lipinski definition) is 1. The number of piperidine rings is 1. The molecule has 6 nitrogen and oxygen atoms in total. The number of halogens is 2. The van der Waals surface area contributed by atoms with Gasteiger partial charge in [-0.3, -0.25) is 0 Å². The lowest BCUT2D eigenvalue weighted by Crippen LogP contribution is -2.43. The zero-order valence-corrected chi connectivity index (χ0v) is 20.9. The van der Waals surface area contributed by atoms with E-state index in [9.17, 15) is 5.26 Å². The van der Waals surface area contributed by atoms with Crippen LogP contribution in [-0.4, -0.2) is 29.1 Å². The van der Waals surface area contributed by atoms with Gasteiger partial charge in [0, 0.05) is 17.6 Å². The van der Waals surface area contributed by atoms with Crippen molar-refractivity contribution in [2.45, 2.75) is 39.3 Å². The topological polar surface area (TPSA) is 74.1 Å². The first-order valence-electron chi connectivity index (χ1n) is 10.9. The van der Waals surface area contributed by atoms with Gasteiger partial charge in [0.1, 0.15) is 5.75 Å². The number of benzene rings is 2. The molecule has 0 atom stereocenters. The summed E-state index contributed by atoms with van der Waals surface area (Å²) in [5.74, 6) is 1.76. The van der Waals surface area contributed by atoms with E-state index < -0.39 is 0 Å². The molecule has 1 N–H and O–H groups in total. The van der Waals surface area contributed by atoms with E-state index in [2.05, 4.69) is 43.3 Å². The van der Waals surface area contributed by atoms with Crippen molar-refractivity contribution in [3.8, 4) is 17.7 Å². The quantitative estimate of drug-likeness (QED) is 0.429. The lowest BCUT2D eigenvalue weighted by Gasteiger charge is -2.35. The Morgan fingerprint density at radius 2 is 1.94 bits per heavy atom. The number of nitrogens with one attached hydrogen (secondary N) is 1. The van der Waals surface area contributed by atoms with Crippen molar-refractivity contribution in [2.75, 3.05) is 18.0 Å².